The van der Waals surface area contributed by atoms with E-state index in [1.165, 1.54) is 12.3 Å². The van der Waals surface area contributed by atoms with E-state index in [4.69, 9.17) is 28.9 Å². The smallest absolute Gasteiger partial charge is 0.225 e. The molecule has 0 radical (unpaired) electrons. The van der Waals surface area contributed by atoms with E-state index in [0.717, 1.165) is 0 Å². The molecule has 0 fully saturated rings. The molecule has 1 aromatic rings. The maximum absolute atomic E-state index is 11.1. The molecule has 0 aliphatic heterocycles. The van der Waals surface area contributed by atoms with Crippen molar-refractivity contribution in [3.8, 4) is 0 Å². The fourth-order valence-electron chi connectivity index (χ4n) is 0.844. The Bertz CT molecular complexity index is 343. The zero-order chi connectivity index (χ0) is 10.6. The molecule has 6 heteroatoms. The molecule has 0 aliphatic rings. The molecule has 0 saturated carbocycles. The average molecular weight is 234 g/mol. The maximum Gasteiger partial charge on any atom is 0.225 e. The number of nitrogens with zero attached hydrogens (tertiary/aromatic N) is 1. The molecule has 1 rings (SSSR count). The number of aromatic nitrogens is 1. The highest BCUT2D eigenvalue weighted by Gasteiger charge is 2.04. The highest BCUT2D eigenvalue weighted by Crippen LogP contribution is 2.22. The van der Waals surface area contributed by atoms with Crippen molar-refractivity contribution in [1.29, 1.82) is 0 Å². The molecule has 0 aromatic carbocycles. The molecular formula is C8H9Cl2N3O. The first kappa shape index (κ1) is 11.2. The number of carbonyl (C=O) groups excluding carboxylic acids is 1. The van der Waals surface area contributed by atoms with Crippen LogP contribution >= 0.6 is 23.2 Å². The number of halogens is 2. The van der Waals surface area contributed by atoms with Gasteiger partial charge in [-0.3, -0.25) is 4.79 Å². The Balaban J connectivity index is 2.68. The van der Waals surface area contributed by atoms with Crippen LogP contribution in [0.15, 0.2) is 12.3 Å². The number of amides is 1. The predicted octanol–water partition coefficient (Wildman–Crippen LogP) is 1.68. The molecule has 76 valence electrons. The Kier molecular flexibility index (Phi) is 4.13. The molecule has 0 saturated heterocycles. The quantitative estimate of drug-likeness (QED) is 0.781. The van der Waals surface area contributed by atoms with E-state index in [9.17, 15) is 4.79 Å². The van der Waals surface area contributed by atoms with Gasteiger partial charge in [-0.15, -0.1) is 0 Å². The van der Waals surface area contributed by atoms with Gasteiger partial charge in [0.25, 0.3) is 0 Å². The largest absolute Gasteiger partial charge is 0.330 e. The second-order valence-electron chi connectivity index (χ2n) is 2.58. The highest BCUT2D eigenvalue weighted by molar-refractivity contribution is 6.41. The van der Waals surface area contributed by atoms with E-state index >= 15 is 0 Å². The van der Waals surface area contributed by atoms with E-state index < -0.39 is 0 Å². The van der Waals surface area contributed by atoms with Crippen LogP contribution in [0.4, 0.5) is 5.69 Å². The van der Waals surface area contributed by atoms with Crippen LogP contribution in [0.3, 0.4) is 0 Å². The van der Waals surface area contributed by atoms with E-state index in [0.29, 0.717) is 17.3 Å². The van der Waals surface area contributed by atoms with Crippen molar-refractivity contribution in [2.75, 3.05) is 11.9 Å². The normalized spacial score (nSPS) is 9.93. The van der Waals surface area contributed by atoms with Crippen LogP contribution in [-0.4, -0.2) is 17.4 Å². The van der Waals surface area contributed by atoms with E-state index in [-0.39, 0.29) is 17.5 Å². The van der Waals surface area contributed by atoms with Gasteiger partial charge in [-0.05, 0) is 6.07 Å². The monoisotopic (exact) mass is 233 g/mol. The van der Waals surface area contributed by atoms with Crippen LogP contribution in [0, 0.1) is 0 Å². The summed E-state index contributed by atoms with van der Waals surface area (Å²) < 4.78 is 0. The molecule has 3 N–H and O–H groups in total. The first-order chi connectivity index (χ1) is 6.63. The number of anilines is 1. The topological polar surface area (TPSA) is 68.0 Å². The summed E-state index contributed by atoms with van der Waals surface area (Å²) in [4.78, 5) is 14.9. The molecule has 0 spiro atoms. The SMILES string of the molecule is NCCC(=O)Nc1cnc(Cl)c(Cl)c1. The van der Waals surface area contributed by atoms with E-state index in [1.807, 2.05) is 0 Å². The first-order valence-corrected chi connectivity index (χ1v) is 4.70. The standard InChI is InChI=1S/C8H9Cl2N3O/c9-6-3-5(4-12-8(6)10)13-7(14)1-2-11/h3-4H,1-2,11H2,(H,13,14). The van der Waals surface area contributed by atoms with Crippen LogP contribution in [-0.2, 0) is 4.79 Å². The van der Waals surface area contributed by atoms with Crippen molar-refractivity contribution in [3.05, 3.63) is 22.4 Å². The van der Waals surface area contributed by atoms with Gasteiger partial charge >= 0.3 is 0 Å². The summed E-state index contributed by atoms with van der Waals surface area (Å²) in [6.07, 6.45) is 1.70. The second kappa shape index (κ2) is 5.14. The Labute approximate surface area is 91.4 Å². The number of hydrogen-bond donors (Lipinski definition) is 2. The molecule has 1 heterocycles. The summed E-state index contributed by atoms with van der Waals surface area (Å²) >= 11 is 11.3. The third-order valence-electron chi connectivity index (χ3n) is 1.45. The van der Waals surface area contributed by atoms with E-state index in [1.54, 1.807) is 0 Å². The van der Waals surface area contributed by atoms with Gasteiger partial charge < -0.3 is 11.1 Å². The van der Waals surface area contributed by atoms with Crippen molar-refractivity contribution in [2.45, 2.75) is 6.42 Å². The molecule has 14 heavy (non-hydrogen) atoms. The van der Waals surface area contributed by atoms with Gasteiger partial charge in [0.15, 0.2) is 0 Å². The lowest BCUT2D eigenvalue weighted by Gasteiger charge is -2.04. The molecule has 1 aromatic heterocycles. The fourth-order valence-corrected chi connectivity index (χ4v) is 1.11. The Morgan fingerprint density at radius 2 is 2.29 bits per heavy atom. The third kappa shape index (κ3) is 3.14. The van der Waals surface area contributed by atoms with Crippen LogP contribution < -0.4 is 11.1 Å². The summed E-state index contributed by atoms with van der Waals surface area (Å²) in [6.45, 7) is 0.306. The molecule has 0 aliphatic carbocycles. The first-order valence-electron chi connectivity index (χ1n) is 3.94. The van der Waals surface area contributed by atoms with Gasteiger partial charge in [0.05, 0.1) is 16.9 Å². The molecule has 0 unspecified atom stereocenters. The van der Waals surface area contributed by atoms with Crippen LogP contribution in [0.5, 0.6) is 0 Å². The highest BCUT2D eigenvalue weighted by atomic mass is 35.5. The third-order valence-corrected chi connectivity index (χ3v) is 2.14. The molecular weight excluding hydrogens is 225 g/mol. The Hall–Kier alpha value is -0.840. The average Bonchev–Trinajstić information content (AvgIpc) is 2.12. The van der Waals surface area contributed by atoms with Gasteiger partial charge in [0.2, 0.25) is 5.91 Å². The second-order valence-corrected chi connectivity index (χ2v) is 3.35. The predicted molar refractivity (Wildman–Crippen MR) is 56.6 cm³/mol. The van der Waals surface area contributed by atoms with Crippen molar-refractivity contribution in [2.24, 2.45) is 5.73 Å². The van der Waals surface area contributed by atoms with Crippen molar-refractivity contribution in [1.82, 2.24) is 4.98 Å². The summed E-state index contributed by atoms with van der Waals surface area (Å²) in [5, 5.41) is 3.10. The van der Waals surface area contributed by atoms with Crippen molar-refractivity contribution in [3.63, 3.8) is 0 Å². The van der Waals surface area contributed by atoms with Crippen LogP contribution in [0.1, 0.15) is 6.42 Å². The summed E-state index contributed by atoms with van der Waals surface area (Å²) in [5.74, 6) is -0.173. The minimum Gasteiger partial charge on any atom is -0.330 e. The minimum absolute atomic E-state index is 0.173. The lowest BCUT2D eigenvalue weighted by atomic mass is 10.3. The Morgan fingerprint density at radius 1 is 1.57 bits per heavy atom. The number of hydrogen-bond acceptors (Lipinski definition) is 3. The van der Waals surface area contributed by atoms with Gasteiger partial charge in [-0.25, -0.2) is 4.98 Å². The minimum atomic E-state index is -0.173. The number of rotatable bonds is 3. The summed E-state index contributed by atoms with van der Waals surface area (Å²) in [7, 11) is 0. The zero-order valence-electron chi connectivity index (χ0n) is 7.26. The zero-order valence-corrected chi connectivity index (χ0v) is 8.77. The fraction of sp³-hybridized carbons (Fsp3) is 0.250. The summed E-state index contributed by atoms with van der Waals surface area (Å²) in [6, 6.07) is 1.53. The van der Waals surface area contributed by atoms with Crippen molar-refractivity contribution < 1.29 is 4.79 Å². The van der Waals surface area contributed by atoms with Gasteiger partial charge in [-0.2, -0.15) is 0 Å². The lowest BCUT2D eigenvalue weighted by molar-refractivity contribution is -0.116. The molecule has 1 amide bonds. The number of nitrogens with one attached hydrogen (secondary N) is 1. The molecule has 0 atom stereocenters. The Morgan fingerprint density at radius 3 is 2.86 bits per heavy atom. The van der Waals surface area contributed by atoms with Crippen LogP contribution in [0.2, 0.25) is 10.2 Å². The van der Waals surface area contributed by atoms with Gasteiger partial charge in [0, 0.05) is 13.0 Å². The number of pyridine rings is 1. The summed E-state index contributed by atoms with van der Waals surface area (Å²) in [5.41, 5.74) is 5.73. The molecule has 0 bridgehead atoms. The van der Waals surface area contributed by atoms with Gasteiger partial charge in [-0.1, -0.05) is 23.2 Å². The van der Waals surface area contributed by atoms with E-state index in [2.05, 4.69) is 10.3 Å². The maximum atomic E-state index is 11.1. The number of carbonyl (C=O) groups is 1. The van der Waals surface area contributed by atoms with Crippen molar-refractivity contribution >= 4 is 34.8 Å². The number of nitrogens with two attached hydrogens (primary N) is 1. The van der Waals surface area contributed by atoms with Gasteiger partial charge in [0.1, 0.15) is 5.15 Å². The van der Waals surface area contributed by atoms with Crippen LogP contribution in [0.25, 0.3) is 0 Å². The molecule has 4 nitrogen and oxygen atoms in total. The lowest BCUT2D eigenvalue weighted by Crippen LogP contribution is -2.16.